The molecule has 0 fully saturated rings. The van der Waals surface area contributed by atoms with Crippen molar-refractivity contribution in [1.29, 1.82) is 0 Å². The minimum Gasteiger partial charge on any atom is -0.469 e. The van der Waals surface area contributed by atoms with E-state index in [1.807, 2.05) is 0 Å². The van der Waals surface area contributed by atoms with E-state index < -0.39 is 5.82 Å². The first-order valence-electron chi connectivity index (χ1n) is 5.95. The summed E-state index contributed by atoms with van der Waals surface area (Å²) in [6.45, 7) is 1.84. The first-order chi connectivity index (χ1) is 9.61. The zero-order chi connectivity index (χ0) is 14.5. The third kappa shape index (κ3) is 3.05. The monoisotopic (exact) mass is 272 g/mol. The largest absolute Gasteiger partial charge is 0.469 e. The standard InChI is InChI=1S/C15H13FN2O2/c1-10-13(6-8-20-10)15(19)18-12-4-5-14(16)11(9-12)3-2-7-17/h4-6,8-9H,7,17H2,1H3,(H,18,19). The molecule has 0 radical (unpaired) electrons. The van der Waals surface area contributed by atoms with E-state index >= 15 is 0 Å². The number of amides is 1. The van der Waals surface area contributed by atoms with Gasteiger partial charge in [0.25, 0.3) is 5.91 Å². The molecule has 2 aromatic rings. The van der Waals surface area contributed by atoms with Gasteiger partial charge in [0.1, 0.15) is 11.6 Å². The molecule has 1 heterocycles. The van der Waals surface area contributed by atoms with Crippen molar-refractivity contribution >= 4 is 11.6 Å². The molecule has 0 aliphatic carbocycles. The van der Waals surface area contributed by atoms with Crippen LogP contribution in [0, 0.1) is 24.6 Å². The van der Waals surface area contributed by atoms with Gasteiger partial charge in [-0.25, -0.2) is 4.39 Å². The average Bonchev–Trinajstić information content (AvgIpc) is 2.85. The SMILES string of the molecule is Cc1occc1C(=O)Nc1ccc(F)c(C#CCN)c1. The van der Waals surface area contributed by atoms with Crippen LogP contribution in [0.4, 0.5) is 10.1 Å². The highest BCUT2D eigenvalue weighted by molar-refractivity contribution is 6.04. The quantitative estimate of drug-likeness (QED) is 0.824. The zero-order valence-corrected chi connectivity index (χ0v) is 10.9. The number of furan rings is 1. The van der Waals surface area contributed by atoms with Crippen molar-refractivity contribution in [3.05, 3.63) is 53.2 Å². The molecule has 0 saturated heterocycles. The average molecular weight is 272 g/mol. The highest BCUT2D eigenvalue weighted by Gasteiger charge is 2.12. The lowest BCUT2D eigenvalue weighted by Gasteiger charge is -2.05. The lowest BCUT2D eigenvalue weighted by atomic mass is 10.1. The van der Waals surface area contributed by atoms with Crippen molar-refractivity contribution in [3.63, 3.8) is 0 Å². The lowest BCUT2D eigenvalue weighted by Crippen LogP contribution is -2.12. The molecule has 0 aliphatic rings. The van der Waals surface area contributed by atoms with Crippen LogP contribution in [0.1, 0.15) is 21.7 Å². The van der Waals surface area contributed by atoms with Crippen molar-refractivity contribution < 1.29 is 13.6 Å². The Kier molecular flexibility index (Phi) is 4.18. The third-order valence-corrected chi connectivity index (χ3v) is 2.65. The number of anilines is 1. The molecule has 102 valence electrons. The summed E-state index contributed by atoms with van der Waals surface area (Å²) in [5.41, 5.74) is 6.33. The van der Waals surface area contributed by atoms with E-state index in [0.29, 0.717) is 17.0 Å². The van der Waals surface area contributed by atoms with E-state index in [4.69, 9.17) is 10.2 Å². The van der Waals surface area contributed by atoms with Crippen molar-refractivity contribution in [3.8, 4) is 11.8 Å². The highest BCUT2D eigenvalue weighted by Crippen LogP contribution is 2.16. The molecule has 0 spiro atoms. The van der Waals surface area contributed by atoms with E-state index in [1.165, 1.54) is 24.5 Å². The Morgan fingerprint density at radius 3 is 2.90 bits per heavy atom. The van der Waals surface area contributed by atoms with Crippen molar-refractivity contribution in [1.82, 2.24) is 0 Å². The van der Waals surface area contributed by atoms with Gasteiger partial charge in [-0.1, -0.05) is 11.8 Å². The Labute approximate surface area is 115 Å². The van der Waals surface area contributed by atoms with Gasteiger partial charge in [0.2, 0.25) is 0 Å². The number of carbonyl (C=O) groups is 1. The number of nitrogens with one attached hydrogen (secondary N) is 1. The minimum atomic E-state index is -0.455. The fraction of sp³-hybridized carbons (Fsp3) is 0.133. The second-order valence-electron chi connectivity index (χ2n) is 4.05. The molecular weight excluding hydrogens is 259 g/mol. The number of benzene rings is 1. The third-order valence-electron chi connectivity index (χ3n) is 2.65. The van der Waals surface area contributed by atoms with E-state index in [0.717, 1.165) is 0 Å². The summed E-state index contributed by atoms with van der Waals surface area (Å²) in [7, 11) is 0. The Bertz CT molecular complexity index is 695. The predicted octanol–water partition coefficient (Wildman–Crippen LogP) is 2.29. The van der Waals surface area contributed by atoms with E-state index in [-0.39, 0.29) is 18.0 Å². The lowest BCUT2D eigenvalue weighted by molar-refractivity contribution is 0.102. The normalized spacial score (nSPS) is 9.75. The molecule has 5 heteroatoms. The zero-order valence-electron chi connectivity index (χ0n) is 10.9. The minimum absolute atomic E-state index is 0.143. The van der Waals surface area contributed by atoms with E-state index in [1.54, 1.807) is 13.0 Å². The molecule has 1 aromatic carbocycles. The number of aryl methyl sites for hydroxylation is 1. The summed E-state index contributed by atoms with van der Waals surface area (Å²) in [4.78, 5) is 12.0. The van der Waals surface area contributed by atoms with Gasteiger partial charge in [-0.05, 0) is 31.2 Å². The number of rotatable bonds is 2. The molecule has 1 aromatic heterocycles. The van der Waals surface area contributed by atoms with Crippen LogP contribution in [0.5, 0.6) is 0 Å². The number of hydrogen-bond acceptors (Lipinski definition) is 3. The summed E-state index contributed by atoms with van der Waals surface area (Å²) in [6, 6.07) is 5.75. The topological polar surface area (TPSA) is 68.3 Å². The van der Waals surface area contributed by atoms with Gasteiger partial charge < -0.3 is 15.5 Å². The Morgan fingerprint density at radius 2 is 2.25 bits per heavy atom. The second kappa shape index (κ2) is 6.04. The second-order valence-corrected chi connectivity index (χ2v) is 4.05. The van der Waals surface area contributed by atoms with Gasteiger partial charge in [0.05, 0.1) is 23.9 Å². The molecular formula is C15H13FN2O2. The fourth-order valence-electron chi connectivity index (χ4n) is 1.66. The van der Waals surface area contributed by atoms with Crippen LogP contribution in [0.25, 0.3) is 0 Å². The first-order valence-corrected chi connectivity index (χ1v) is 5.95. The molecule has 0 saturated carbocycles. The summed E-state index contributed by atoms with van der Waals surface area (Å²) >= 11 is 0. The maximum absolute atomic E-state index is 13.5. The number of nitrogens with two attached hydrogens (primary N) is 1. The summed E-state index contributed by atoms with van der Waals surface area (Å²) in [5.74, 6) is 4.93. The van der Waals surface area contributed by atoms with E-state index in [9.17, 15) is 9.18 Å². The van der Waals surface area contributed by atoms with Gasteiger partial charge >= 0.3 is 0 Å². The molecule has 4 nitrogen and oxygen atoms in total. The van der Waals surface area contributed by atoms with E-state index in [2.05, 4.69) is 17.2 Å². The predicted molar refractivity (Wildman–Crippen MR) is 73.7 cm³/mol. The Balaban J connectivity index is 2.22. The summed E-state index contributed by atoms with van der Waals surface area (Å²) < 4.78 is 18.6. The smallest absolute Gasteiger partial charge is 0.259 e. The van der Waals surface area contributed by atoms with Crippen LogP contribution in [-0.2, 0) is 0 Å². The van der Waals surface area contributed by atoms with Crippen LogP contribution >= 0.6 is 0 Å². The van der Waals surface area contributed by atoms with Gasteiger partial charge in [-0.15, -0.1) is 0 Å². The first kappa shape index (κ1) is 13.8. The van der Waals surface area contributed by atoms with Crippen molar-refractivity contribution in [2.75, 3.05) is 11.9 Å². The highest BCUT2D eigenvalue weighted by atomic mass is 19.1. The molecule has 0 atom stereocenters. The maximum Gasteiger partial charge on any atom is 0.259 e. The molecule has 3 N–H and O–H groups in total. The summed E-state index contributed by atoms with van der Waals surface area (Å²) in [6.07, 6.45) is 1.44. The van der Waals surface area contributed by atoms with Crippen molar-refractivity contribution in [2.24, 2.45) is 5.73 Å². The maximum atomic E-state index is 13.5. The van der Waals surface area contributed by atoms with Crippen LogP contribution in [-0.4, -0.2) is 12.5 Å². The Morgan fingerprint density at radius 1 is 1.45 bits per heavy atom. The molecule has 0 unspecified atom stereocenters. The van der Waals surface area contributed by atoms with Gasteiger partial charge in [0, 0.05) is 5.69 Å². The van der Waals surface area contributed by atoms with Gasteiger partial charge in [-0.3, -0.25) is 4.79 Å². The molecule has 2 rings (SSSR count). The number of carbonyl (C=O) groups excluding carboxylic acids is 1. The number of halogens is 1. The van der Waals surface area contributed by atoms with Crippen LogP contribution < -0.4 is 11.1 Å². The molecule has 20 heavy (non-hydrogen) atoms. The number of hydrogen-bond donors (Lipinski definition) is 2. The molecule has 1 amide bonds. The summed E-state index contributed by atoms with van der Waals surface area (Å²) in [5, 5.41) is 2.66. The molecule has 0 aliphatic heterocycles. The van der Waals surface area contributed by atoms with Gasteiger partial charge in [0.15, 0.2) is 0 Å². The van der Waals surface area contributed by atoms with Gasteiger partial charge in [-0.2, -0.15) is 0 Å². The molecule has 0 bridgehead atoms. The fourth-order valence-corrected chi connectivity index (χ4v) is 1.66. The van der Waals surface area contributed by atoms with Crippen LogP contribution in [0.2, 0.25) is 0 Å². The van der Waals surface area contributed by atoms with Crippen LogP contribution in [0.15, 0.2) is 34.9 Å². The van der Waals surface area contributed by atoms with Crippen LogP contribution in [0.3, 0.4) is 0 Å². The Hall–Kier alpha value is -2.58. The van der Waals surface area contributed by atoms with Crippen molar-refractivity contribution in [2.45, 2.75) is 6.92 Å².